The Bertz CT molecular complexity index is 773. The number of morpholine rings is 1. The molecule has 1 aromatic rings. The fraction of sp³-hybridized carbons (Fsp3) is 0.556. The lowest BCUT2D eigenvalue weighted by molar-refractivity contribution is 0.0376. The van der Waals surface area contributed by atoms with Crippen molar-refractivity contribution in [1.82, 2.24) is 19.9 Å². The van der Waals surface area contributed by atoms with Gasteiger partial charge in [-0.2, -0.15) is 5.10 Å². The van der Waals surface area contributed by atoms with Crippen LogP contribution < -0.4 is 10.7 Å². The van der Waals surface area contributed by atoms with Crippen LogP contribution in [0.3, 0.4) is 0 Å². The van der Waals surface area contributed by atoms with E-state index in [0.717, 1.165) is 51.4 Å². The third-order valence-corrected chi connectivity index (χ3v) is 6.48. The van der Waals surface area contributed by atoms with Crippen molar-refractivity contribution >= 4 is 33.1 Å². The molecule has 2 rings (SSSR count). The van der Waals surface area contributed by atoms with Crippen LogP contribution in [0.1, 0.15) is 18.9 Å². The molecule has 1 aliphatic heterocycles. The fourth-order valence-corrected chi connectivity index (χ4v) is 3.70. The Morgan fingerprint density at radius 2 is 1.89 bits per heavy atom. The molecule has 156 valence electrons. The second-order valence-electron chi connectivity index (χ2n) is 6.68. The van der Waals surface area contributed by atoms with Crippen molar-refractivity contribution in [2.45, 2.75) is 18.2 Å². The molecule has 1 saturated heterocycles. The van der Waals surface area contributed by atoms with E-state index in [2.05, 4.69) is 20.7 Å². The highest BCUT2D eigenvalue weighted by Crippen LogP contribution is 2.14. The molecule has 0 aliphatic carbocycles. The SMILES string of the molecule is C/C(=N/NC(=S)NCCCN1CCOCC1)c1ccc(S(=O)(=O)N(C)C)cc1. The molecule has 2 N–H and O–H groups in total. The maximum atomic E-state index is 12.1. The number of rotatable bonds is 8. The minimum absolute atomic E-state index is 0.250. The average Bonchev–Trinajstić information content (AvgIpc) is 2.70. The second-order valence-corrected chi connectivity index (χ2v) is 9.24. The first-order valence-corrected chi connectivity index (χ1v) is 11.1. The van der Waals surface area contributed by atoms with Crippen LogP contribution in [0.25, 0.3) is 0 Å². The summed E-state index contributed by atoms with van der Waals surface area (Å²) in [7, 11) is -0.412. The topological polar surface area (TPSA) is 86.3 Å². The van der Waals surface area contributed by atoms with Crippen LogP contribution in [0.15, 0.2) is 34.3 Å². The lowest BCUT2D eigenvalue weighted by Gasteiger charge is -2.26. The molecule has 0 amide bonds. The monoisotopic (exact) mass is 427 g/mol. The van der Waals surface area contributed by atoms with E-state index in [9.17, 15) is 8.42 Å². The maximum absolute atomic E-state index is 12.1. The van der Waals surface area contributed by atoms with E-state index in [1.165, 1.54) is 18.4 Å². The van der Waals surface area contributed by atoms with Gasteiger partial charge >= 0.3 is 0 Å². The van der Waals surface area contributed by atoms with Crippen LogP contribution in [0, 0.1) is 0 Å². The molecular formula is C18H29N5O3S2. The minimum atomic E-state index is -3.43. The Labute approximate surface area is 173 Å². The number of ether oxygens (including phenoxy) is 1. The Hall–Kier alpha value is -1.59. The molecule has 1 heterocycles. The number of thiocarbonyl (C=S) groups is 1. The predicted octanol–water partition coefficient (Wildman–Crippen LogP) is 0.847. The summed E-state index contributed by atoms with van der Waals surface area (Å²) < 4.78 is 30.7. The van der Waals surface area contributed by atoms with Crippen LogP contribution in [-0.4, -0.2) is 81.9 Å². The lowest BCUT2D eigenvalue weighted by Crippen LogP contribution is -2.39. The van der Waals surface area contributed by atoms with Crippen LogP contribution in [0.2, 0.25) is 0 Å². The van der Waals surface area contributed by atoms with Gasteiger partial charge in [0.15, 0.2) is 5.11 Å². The highest BCUT2D eigenvalue weighted by molar-refractivity contribution is 7.89. The van der Waals surface area contributed by atoms with Gasteiger partial charge in [0.05, 0.1) is 23.8 Å². The number of hydrogen-bond donors (Lipinski definition) is 2. The zero-order chi connectivity index (χ0) is 20.6. The molecule has 0 saturated carbocycles. The highest BCUT2D eigenvalue weighted by atomic mass is 32.2. The maximum Gasteiger partial charge on any atom is 0.242 e. The Balaban J connectivity index is 1.77. The Kier molecular flexibility index (Phi) is 8.77. The molecule has 28 heavy (non-hydrogen) atoms. The largest absolute Gasteiger partial charge is 0.379 e. The molecule has 0 spiro atoms. The van der Waals surface area contributed by atoms with Crippen LogP contribution in [-0.2, 0) is 14.8 Å². The van der Waals surface area contributed by atoms with E-state index >= 15 is 0 Å². The van der Waals surface area contributed by atoms with Gasteiger partial charge in [-0.25, -0.2) is 12.7 Å². The van der Waals surface area contributed by atoms with E-state index in [0.29, 0.717) is 10.8 Å². The number of hydrazone groups is 1. The summed E-state index contributed by atoms with van der Waals surface area (Å²) >= 11 is 5.24. The minimum Gasteiger partial charge on any atom is -0.379 e. The van der Waals surface area contributed by atoms with Gasteiger partial charge in [-0.15, -0.1) is 0 Å². The molecule has 1 fully saturated rings. The number of sulfonamides is 1. The summed E-state index contributed by atoms with van der Waals surface area (Å²) in [6, 6.07) is 6.61. The summed E-state index contributed by atoms with van der Waals surface area (Å²) in [4.78, 5) is 2.63. The van der Waals surface area contributed by atoms with E-state index in [1.807, 2.05) is 6.92 Å². The van der Waals surface area contributed by atoms with Gasteiger partial charge in [0.2, 0.25) is 10.0 Å². The van der Waals surface area contributed by atoms with Crippen molar-refractivity contribution in [2.75, 3.05) is 53.5 Å². The molecule has 1 aliphatic rings. The number of benzene rings is 1. The van der Waals surface area contributed by atoms with Crippen LogP contribution in [0.4, 0.5) is 0 Å². The zero-order valence-electron chi connectivity index (χ0n) is 16.6. The van der Waals surface area contributed by atoms with E-state index in [1.54, 1.807) is 24.3 Å². The van der Waals surface area contributed by atoms with Gasteiger partial charge in [0.25, 0.3) is 0 Å². The van der Waals surface area contributed by atoms with Crippen LogP contribution >= 0.6 is 12.2 Å². The normalized spacial score (nSPS) is 16.2. The van der Waals surface area contributed by atoms with Gasteiger partial charge < -0.3 is 10.1 Å². The van der Waals surface area contributed by atoms with Crippen molar-refractivity contribution in [2.24, 2.45) is 5.10 Å². The molecule has 1 aromatic carbocycles. The Morgan fingerprint density at radius 1 is 1.25 bits per heavy atom. The predicted molar refractivity (Wildman–Crippen MR) is 115 cm³/mol. The first kappa shape index (κ1) is 22.7. The molecule has 0 atom stereocenters. The standard InChI is InChI=1S/C18H29N5O3S2/c1-15(16-5-7-17(8-6-16)28(24,25)22(2)3)20-21-18(27)19-9-4-10-23-11-13-26-14-12-23/h5-8H,4,9-14H2,1-3H3,(H2,19,21,27)/b20-15-. The number of nitrogens with zero attached hydrogens (tertiary/aromatic N) is 3. The van der Waals surface area contributed by atoms with Crippen molar-refractivity contribution < 1.29 is 13.2 Å². The molecule has 0 radical (unpaired) electrons. The van der Waals surface area contributed by atoms with Crippen molar-refractivity contribution in [3.8, 4) is 0 Å². The molecule has 0 unspecified atom stereocenters. The smallest absolute Gasteiger partial charge is 0.242 e. The summed E-state index contributed by atoms with van der Waals surface area (Å²) in [5.74, 6) is 0. The third-order valence-electron chi connectivity index (χ3n) is 4.42. The van der Waals surface area contributed by atoms with Crippen molar-refractivity contribution in [1.29, 1.82) is 0 Å². The highest BCUT2D eigenvalue weighted by Gasteiger charge is 2.16. The van der Waals surface area contributed by atoms with E-state index in [4.69, 9.17) is 17.0 Å². The Morgan fingerprint density at radius 3 is 2.50 bits per heavy atom. The third kappa shape index (κ3) is 6.78. The molecule has 10 heteroatoms. The summed E-state index contributed by atoms with van der Waals surface area (Å²) in [6.07, 6.45) is 0.992. The van der Waals surface area contributed by atoms with Gasteiger partial charge in [0.1, 0.15) is 0 Å². The summed E-state index contributed by atoms with van der Waals surface area (Å²) in [6.45, 7) is 7.22. The van der Waals surface area contributed by atoms with E-state index < -0.39 is 10.0 Å². The van der Waals surface area contributed by atoms with Gasteiger partial charge in [0, 0.05) is 33.7 Å². The lowest BCUT2D eigenvalue weighted by atomic mass is 10.1. The average molecular weight is 428 g/mol. The zero-order valence-corrected chi connectivity index (χ0v) is 18.3. The fourth-order valence-electron chi connectivity index (χ4n) is 2.65. The molecule has 0 bridgehead atoms. The number of nitrogens with one attached hydrogen (secondary N) is 2. The molecule has 8 nitrogen and oxygen atoms in total. The van der Waals surface area contributed by atoms with Gasteiger partial charge in [-0.1, -0.05) is 12.1 Å². The summed E-state index contributed by atoms with van der Waals surface area (Å²) in [5, 5.41) is 7.87. The quantitative estimate of drug-likeness (QED) is 0.275. The second kappa shape index (κ2) is 10.8. The van der Waals surface area contributed by atoms with Crippen molar-refractivity contribution in [3.05, 3.63) is 29.8 Å². The first-order chi connectivity index (χ1) is 13.3. The van der Waals surface area contributed by atoms with Crippen molar-refractivity contribution in [3.63, 3.8) is 0 Å². The van der Waals surface area contributed by atoms with Gasteiger partial charge in [-0.05, 0) is 49.8 Å². The summed E-state index contributed by atoms with van der Waals surface area (Å²) in [5.41, 5.74) is 4.36. The van der Waals surface area contributed by atoms with E-state index in [-0.39, 0.29) is 4.90 Å². The molecular weight excluding hydrogens is 398 g/mol. The van der Waals surface area contributed by atoms with Crippen LogP contribution in [0.5, 0.6) is 0 Å². The first-order valence-electron chi connectivity index (χ1n) is 9.22. The number of hydrogen-bond acceptors (Lipinski definition) is 6. The van der Waals surface area contributed by atoms with Gasteiger partial charge in [-0.3, -0.25) is 10.3 Å². The molecule has 0 aromatic heterocycles.